The molecular formula is C21H21F3N4OS. The fourth-order valence-electron chi connectivity index (χ4n) is 2.79. The summed E-state index contributed by atoms with van der Waals surface area (Å²) in [6.45, 7) is 0.408. The molecule has 3 rings (SSSR count). The van der Waals surface area contributed by atoms with Crippen molar-refractivity contribution in [2.45, 2.75) is 17.7 Å². The first kappa shape index (κ1) is 21.9. The Labute approximate surface area is 176 Å². The van der Waals surface area contributed by atoms with Crippen LogP contribution in [0.4, 0.5) is 18.9 Å². The summed E-state index contributed by atoms with van der Waals surface area (Å²) in [5, 5.41) is 0.634. The highest BCUT2D eigenvalue weighted by Crippen LogP contribution is 2.32. The number of carbonyl (C=O) groups excluding carboxylic acids is 1. The molecule has 0 spiro atoms. The van der Waals surface area contributed by atoms with Crippen LogP contribution < -0.4 is 4.90 Å². The van der Waals surface area contributed by atoms with E-state index >= 15 is 0 Å². The van der Waals surface area contributed by atoms with Crippen LogP contribution in [0.2, 0.25) is 0 Å². The minimum absolute atomic E-state index is 0.0232. The number of halogens is 3. The number of aromatic nitrogens is 2. The molecule has 1 amide bonds. The summed E-state index contributed by atoms with van der Waals surface area (Å²) < 4.78 is 39.4. The van der Waals surface area contributed by atoms with Crippen LogP contribution in [0.15, 0.2) is 53.6 Å². The average molecular weight is 434 g/mol. The van der Waals surface area contributed by atoms with Crippen molar-refractivity contribution in [1.82, 2.24) is 14.9 Å². The summed E-state index contributed by atoms with van der Waals surface area (Å²) in [6.07, 6.45) is -4.65. The highest BCUT2D eigenvalue weighted by Gasteiger charge is 2.35. The Balaban J connectivity index is 1.71. The molecule has 0 fully saturated rings. The largest absolute Gasteiger partial charge is 0.451 e. The van der Waals surface area contributed by atoms with E-state index in [1.165, 1.54) is 6.07 Å². The molecule has 0 bridgehead atoms. The number of rotatable bonds is 6. The van der Waals surface area contributed by atoms with Gasteiger partial charge in [0.1, 0.15) is 5.03 Å². The molecule has 30 heavy (non-hydrogen) atoms. The molecule has 0 radical (unpaired) electrons. The third-order valence-corrected chi connectivity index (χ3v) is 5.43. The maximum absolute atomic E-state index is 13.1. The van der Waals surface area contributed by atoms with Crippen molar-refractivity contribution in [2.75, 3.05) is 31.8 Å². The zero-order chi connectivity index (χ0) is 21.9. The molecule has 5 nitrogen and oxygen atoms in total. The quantitative estimate of drug-likeness (QED) is 0.423. The van der Waals surface area contributed by atoms with Crippen molar-refractivity contribution >= 4 is 34.3 Å². The number of anilines is 1. The predicted octanol–water partition coefficient (Wildman–Crippen LogP) is 4.47. The van der Waals surface area contributed by atoms with E-state index in [1.54, 1.807) is 30.1 Å². The number of fused-ring (bicyclic) bond motifs is 1. The molecule has 0 atom stereocenters. The molecule has 0 N–H and O–H groups in total. The number of thioether (sulfide) groups is 1. The molecule has 1 aromatic heterocycles. The van der Waals surface area contributed by atoms with Gasteiger partial charge >= 0.3 is 6.18 Å². The van der Waals surface area contributed by atoms with Gasteiger partial charge in [0, 0.05) is 38.8 Å². The zero-order valence-electron chi connectivity index (χ0n) is 16.8. The lowest BCUT2D eigenvalue weighted by Crippen LogP contribution is -2.27. The number of carbonyl (C=O) groups is 1. The zero-order valence-corrected chi connectivity index (χ0v) is 17.6. The van der Waals surface area contributed by atoms with E-state index in [0.29, 0.717) is 11.9 Å². The summed E-state index contributed by atoms with van der Waals surface area (Å²) in [6, 6.07) is 14.3. The lowest BCUT2D eigenvalue weighted by molar-refractivity contribution is -0.145. The van der Waals surface area contributed by atoms with Crippen LogP contribution in [-0.2, 0) is 17.5 Å². The predicted molar refractivity (Wildman–Crippen MR) is 113 cm³/mol. The second-order valence-electron chi connectivity index (χ2n) is 6.97. The molecule has 3 aromatic rings. The van der Waals surface area contributed by atoms with Crippen LogP contribution >= 0.6 is 11.8 Å². The fraction of sp³-hybridized carbons (Fsp3) is 0.286. The first-order chi connectivity index (χ1) is 14.1. The molecule has 0 saturated heterocycles. The monoisotopic (exact) mass is 434 g/mol. The van der Waals surface area contributed by atoms with Crippen molar-refractivity contribution in [3.63, 3.8) is 0 Å². The van der Waals surface area contributed by atoms with E-state index in [0.717, 1.165) is 23.0 Å². The topological polar surface area (TPSA) is 49.3 Å². The van der Waals surface area contributed by atoms with Crippen LogP contribution in [0.1, 0.15) is 11.4 Å². The van der Waals surface area contributed by atoms with Gasteiger partial charge in [0.25, 0.3) is 0 Å². The molecule has 0 aliphatic rings. The SMILES string of the molecule is CN(Cc1ccc(N(C)C)cc1)C(=O)CSc1nc(C(F)(F)F)nc2ccccc12. The molecule has 0 unspecified atom stereocenters. The number of alkyl halides is 3. The van der Waals surface area contributed by atoms with Crippen LogP contribution in [0, 0.1) is 0 Å². The molecular weight excluding hydrogens is 413 g/mol. The third-order valence-electron chi connectivity index (χ3n) is 4.45. The van der Waals surface area contributed by atoms with Crippen molar-refractivity contribution in [1.29, 1.82) is 0 Å². The Kier molecular flexibility index (Phi) is 6.50. The van der Waals surface area contributed by atoms with E-state index in [9.17, 15) is 18.0 Å². The average Bonchev–Trinajstić information content (AvgIpc) is 2.71. The number of hydrogen-bond donors (Lipinski definition) is 0. The Morgan fingerprint density at radius 1 is 1.00 bits per heavy atom. The Hall–Kier alpha value is -2.81. The van der Waals surface area contributed by atoms with Gasteiger partial charge in [-0.3, -0.25) is 4.79 Å². The minimum atomic E-state index is -4.65. The Morgan fingerprint density at radius 2 is 1.67 bits per heavy atom. The molecule has 2 aromatic carbocycles. The fourth-order valence-corrected chi connectivity index (χ4v) is 3.75. The summed E-state index contributed by atoms with van der Waals surface area (Å²) in [5.74, 6) is -1.43. The first-order valence-corrected chi connectivity index (χ1v) is 10.1. The Morgan fingerprint density at radius 3 is 2.30 bits per heavy atom. The lowest BCUT2D eigenvalue weighted by atomic mass is 10.2. The van der Waals surface area contributed by atoms with Gasteiger partial charge in [0.2, 0.25) is 11.7 Å². The maximum Gasteiger partial charge on any atom is 0.451 e. The van der Waals surface area contributed by atoms with Gasteiger partial charge in [-0.1, -0.05) is 42.1 Å². The third kappa shape index (κ3) is 5.21. The van der Waals surface area contributed by atoms with E-state index in [4.69, 9.17) is 0 Å². The minimum Gasteiger partial charge on any atom is -0.378 e. The Bertz CT molecular complexity index is 1040. The number of nitrogens with zero attached hydrogens (tertiary/aromatic N) is 4. The highest BCUT2D eigenvalue weighted by molar-refractivity contribution is 8.00. The van der Waals surface area contributed by atoms with Crippen LogP contribution in [-0.4, -0.2) is 47.7 Å². The number of benzene rings is 2. The molecule has 0 saturated carbocycles. The van der Waals surface area contributed by atoms with Crippen LogP contribution in [0.3, 0.4) is 0 Å². The van der Waals surface area contributed by atoms with Crippen LogP contribution in [0.25, 0.3) is 10.9 Å². The van der Waals surface area contributed by atoms with Gasteiger partial charge in [-0.25, -0.2) is 9.97 Å². The van der Waals surface area contributed by atoms with Crippen molar-refractivity contribution in [2.24, 2.45) is 0 Å². The van der Waals surface area contributed by atoms with Gasteiger partial charge in [-0.2, -0.15) is 13.2 Å². The van der Waals surface area contributed by atoms with Gasteiger partial charge in [-0.05, 0) is 23.8 Å². The van der Waals surface area contributed by atoms with E-state index in [1.807, 2.05) is 43.3 Å². The van der Waals surface area contributed by atoms with Gasteiger partial charge in [0.15, 0.2) is 0 Å². The lowest BCUT2D eigenvalue weighted by Gasteiger charge is -2.18. The number of hydrogen-bond acceptors (Lipinski definition) is 5. The standard InChI is InChI=1S/C21H21F3N4OS/c1-27(2)15-10-8-14(9-11-15)12-28(3)18(29)13-30-19-16-6-4-5-7-17(16)25-20(26-19)21(22,23)24/h4-11H,12-13H2,1-3H3. The summed E-state index contributed by atoms with van der Waals surface area (Å²) in [4.78, 5) is 23.3. The van der Waals surface area contributed by atoms with Crippen molar-refractivity contribution in [3.05, 3.63) is 59.9 Å². The van der Waals surface area contributed by atoms with E-state index in [2.05, 4.69) is 9.97 Å². The van der Waals surface area contributed by atoms with Gasteiger partial charge in [-0.15, -0.1) is 0 Å². The first-order valence-electron chi connectivity index (χ1n) is 9.12. The maximum atomic E-state index is 13.1. The summed E-state index contributed by atoms with van der Waals surface area (Å²) in [5.41, 5.74) is 2.22. The summed E-state index contributed by atoms with van der Waals surface area (Å²) in [7, 11) is 5.56. The van der Waals surface area contributed by atoms with Crippen molar-refractivity contribution < 1.29 is 18.0 Å². The molecule has 0 aliphatic carbocycles. The second kappa shape index (κ2) is 8.91. The van der Waals surface area contributed by atoms with E-state index in [-0.39, 0.29) is 22.2 Å². The second-order valence-corrected chi connectivity index (χ2v) is 7.93. The number of para-hydroxylation sites is 1. The smallest absolute Gasteiger partial charge is 0.378 e. The van der Waals surface area contributed by atoms with Crippen molar-refractivity contribution in [3.8, 4) is 0 Å². The van der Waals surface area contributed by atoms with E-state index < -0.39 is 12.0 Å². The molecule has 0 aliphatic heterocycles. The summed E-state index contributed by atoms with van der Waals surface area (Å²) >= 11 is 0.985. The highest BCUT2D eigenvalue weighted by atomic mass is 32.2. The normalized spacial score (nSPS) is 11.5. The number of amides is 1. The van der Waals surface area contributed by atoms with Crippen LogP contribution in [0.5, 0.6) is 0 Å². The molecule has 1 heterocycles. The van der Waals surface area contributed by atoms with Gasteiger partial charge in [0.05, 0.1) is 11.3 Å². The molecule has 158 valence electrons. The molecule has 9 heteroatoms. The van der Waals surface area contributed by atoms with Gasteiger partial charge < -0.3 is 9.80 Å².